The average molecular weight is 342 g/mol. The third-order valence-corrected chi connectivity index (χ3v) is 4.58. The van der Waals surface area contributed by atoms with Gasteiger partial charge in [-0.2, -0.15) is 0 Å². The second-order valence-electron chi connectivity index (χ2n) is 6.44. The highest BCUT2D eigenvalue weighted by Gasteiger charge is 2.30. The van der Waals surface area contributed by atoms with Gasteiger partial charge >= 0.3 is 0 Å². The van der Waals surface area contributed by atoms with E-state index in [1.165, 1.54) is 16.7 Å². The summed E-state index contributed by atoms with van der Waals surface area (Å²) in [6, 6.07) is 31.3. The smallest absolute Gasteiger partial charge is 0.124 e. The third kappa shape index (κ3) is 3.84. The standard InChI is InChI=1S/C23H22N2O/c1-4-10-18(11-5-1)16-26-17-21-24-22(19-12-6-2-7-13-19)23(25-21)20-14-8-3-9-15-20/h1-15,22-23H,16-17H2,(H,24,25). The van der Waals surface area contributed by atoms with Crippen LogP contribution in [0, 0.1) is 0 Å². The summed E-state index contributed by atoms with van der Waals surface area (Å²) in [6.45, 7) is 1.08. The van der Waals surface area contributed by atoms with Crippen LogP contribution in [0.1, 0.15) is 28.8 Å². The van der Waals surface area contributed by atoms with Crippen molar-refractivity contribution in [2.75, 3.05) is 6.61 Å². The van der Waals surface area contributed by atoms with Gasteiger partial charge in [0.05, 0.1) is 12.6 Å². The molecule has 0 aliphatic carbocycles. The zero-order valence-electron chi connectivity index (χ0n) is 14.6. The van der Waals surface area contributed by atoms with E-state index in [0.717, 1.165) is 5.84 Å². The maximum atomic E-state index is 5.88. The van der Waals surface area contributed by atoms with Crippen molar-refractivity contribution in [3.63, 3.8) is 0 Å². The Morgan fingerprint density at radius 2 is 1.27 bits per heavy atom. The molecule has 0 aromatic heterocycles. The monoisotopic (exact) mass is 342 g/mol. The predicted octanol–water partition coefficient (Wildman–Crippen LogP) is 4.69. The van der Waals surface area contributed by atoms with Crippen LogP contribution in [0.2, 0.25) is 0 Å². The van der Waals surface area contributed by atoms with Gasteiger partial charge in [0.15, 0.2) is 0 Å². The number of benzene rings is 3. The van der Waals surface area contributed by atoms with E-state index in [4.69, 9.17) is 9.73 Å². The Labute approximate surface area is 154 Å². The minimum atomic E-state index is 0.0638. The van der Waals surface area contributed by atoms with E-state index in [9.17, 15) is 0 Å². The predicted molar refractivity (Wildman–Crippen MR) is 105 cm³/mol. The quantitative estimate of drug-likeness (QED) is 0.705. The van der Waals surface area contributed by atoms with Crippen molar-refractivity contribution in [3.05, 3.63) is 108 Å². The molecular weight excluding hydrogens is 320 g/mol. The van der Waals surface area contributed by atoms with E-state index >= 15 is 0 Å². The van der Waals surface area contributed by atoms with E-state index in [1.807, 2.05) is 30.3 Å². The van der Waals surface area contributed by atoms with Gasteiger partial charge in [-0.1, -0.05) is 91.0 Å². The first-order chi connectivity index (χ1) is 12.9. The second-order valence-corrected chi connectivity index (χ2v) is 6.44. The van der Waals surface area contributed by atoms with Crippen molar-refractivity contribution in [1.82, 2.24) is 5.32 Å². The summed E-state index contributed by atoms with van der Waals surface area (Å²) in [5.41, 5.74) is 3.63. The number of amidine groups is 1. The van der Waals surface area contributed by atoms with Crippen LogP contribution in [0.25, 0.3) is 0 Å². The van der Waals surface area contributed by atoms with Gasteiger partial charge in [0.2, 0.25) is 0 Å². The zero-order valence-corrected chi connectivity index (χ0v) is 14.6. The fraction of sp³-hybridized carbons (Fsp3) is 0.174. The summed E-state index contributed by atoms with van der Waals surface area (Å²) in [5, 5.41) is 3.57. The van der Waals surface area contributed by atoms with Crippen LogP contribution in [-0.4, -0.2) is 12.4 Å². The molecule has 2 unspecified atom stereocenters. The van der Waals surface area contributed by atoms with Crippen molar-refractivity contribution in [1.29, 1.82) is 0 Å². The molecule has 130 valence electrons. The number of ether oxygens (including phenoxy) is 1. The van der Waals surface area contributed by atoms with Gasteiger partial charge in [-0.05, 0) is 16.7 Å². The lowest BCUT2D eigenvalue weighted by Gasteiger charge is -2.19. The van der Waals surface area contributed by atoms with Crippen LogP contribution >= 0.6 is 0 Å². The second kappa shape index (κ2) is 7.98. The molecule has 0 fully saturated rings. The topological polar surface area (TPSA) is 33.6 Å². The number of nitrogens with zero attached hydrogens (tertiary/aromatic N) is 1. The molecule has 1 aliphatic rings. The summed E-state index contributed by atoms with van der Waals surface area (Å²) in [5.74, 6) is 0.906. The zero-order chi connectivity index (χ0) is 17.6. The first kappa shape index (κ1) is 16.6. The van der Waals surface area contributed by atoms with E-state index in [-0.39, 0.29) is 12.1 Å². The van der Waals surface area contributed by atoms with Gasteiger partial charge < -0.3 is 10.1 Å². The van der Waals surface area contributed by atoms with Gasteiger partial charge in [0, 0.05) is 0 Å². The van der Waals surface area contributed by atoms with E-state index in [1.54, 1.807) is 0 Å². The van der Waals surface area contributed by atoms with Crippen molar-refractivity contribution in [2.45, 2.75) is 18.7 Å². The minimum Gasteiger partial charge on any atom is -0.369 e. The molecule has 1 aliphatic heterocycles. The Morgan fingerprint density at radius 1 is 0.692 bits per heavy atom. The van der Waals surface area contributed by atoms with Gasteiger partial charge in [-0.15, -0.1) is 0 Å². The molecule has 0 spiro atoms. The molecule has 3 heteroatoms. The SMILES string of the molecule is c1ccc(COCC2=NC(c3ccccc3)C(c3ccccc3)N2)cc1. The van der Waals surface area contributed by atoms with Gasteiger partial charge in [0.1, 0.15) is 18.5 Å². The van der Waals surface area contributed by atoms with Crippen LogP contribution < -0.4 is 5.32 Å². The molecule has 26 heavy (non-hydrogen) atoms. The number of nitrogens with one attached hydrogen (secondary N) is 1. The fourth-order valence-corrected chi connectivity index (χ4v) is 3.30. The Balaban J connectivity index is 1.49. The lowest BCUT2D eigenvalue weighted by atomic mass is 9.95. The Bertz CT molecular complexity index is 847. The summed E-state index contributed by atoms with van der Waals surface area (Å²) in [7, 11) is 0. The van der Waals surface area contributed by atoms with Crippen LogP contribution in [0.15, 0.2) is 96.0 Å². The molecule has 4 rings (SSSR count). The first-order valence-corrected chi connectivity index (χ1v) is 8.95. The highest BCUT2D eigenvalue weighted by molar-refractivity contribution is 5.86. The average Bonchev–Trinajstić information content (AvgIpc) is 3.14. The first-order valence-electron chi connectivity index (χ1n) is 8.95. The molecular formula is C23H22N2O. The van der Waals surface area contributed by atoms with Crippen molar-refractivity contribution >= 4 is 5.84 Å². The molecule has 0 bridgehead atoms. The van der Waals surface area contributed by atoms with Crippen molar-refractivity contribution in [3.8, 4) is 0 Å². The van der Waals surface area contributed by atoms with Gasteiger partial charge in [-0.3, -0.25) is 4.99 Å². The van der Waals surface area contributed by atoms with Crippen LogP contribution in [-0.2, 0) is 11.3 Å². The van der Waals surface area contributed by atoms with Crippen LogP contribution in [0.5, 0.6) is 0 Å². The Kier molecular flexibility index (Phi) is 5.08. The third-order valence-electron chi connectivity index (χ3n) is 4.58. The molecule has 0 amide bonds. The Hall–Kier alpha value is -2.91. The molecule has 3 aromatic rings. The molecule has 3 aromatic carbocycles. The molecule has 0 saturated carbocycles. The van der Waals surface area contributed by atoms with Crippen LogP contribution in [0.3, 0.4) is 0 Å². The van der Waals surface area contributed by atoms with Gasteiger partial charge in [-0.25, -0.2) is 0 Å². The maximum Gasteiger partial charge on any atom is 0.124 e. The van der Waals surface area contributed by atoms with Crippen molar-refractivity contribution in [2.24, 2.45) is 4.99 Å². The molecule has 2 atom stereocenters. The maximum absolute atomic E-state index is 5.88. The summed E-state index contributed by atoms with van der Waals surface area (Å²) in [6.07, 6.45) is 0. The fourth-order valence-electron chi connectivity index (χ4n) is 3.30. The molecule has 1 N–H and O–H groups in total. The van der Waals surface area contributed by atoms with Crippen LogP contribution in [0.4, 0.5) is 0 Å². The molecule has 3 nitrogen and oxygen atoms in total. The van der Waals surface area contributed by atoms with E-state index in [2.05, 4.69) is 66.0 Å². The lowest BCUT2D eigenvalue weighted by molar-refractivity contribution is 0.156. The normalized spacial score (nSPS) is 19.0. The summed E-state index contributed by atoms with van der Waals surface area (Å²) >= 11 is 0. The summed E-state index contributed by atoms with van der Waals surface area (Å²) in [4.78, 5) is 4.93. The Morgan fingerprint density at radius 3 is 1.92 bits per heavy atom. The lowest BCUT2D eigenvalue weighted by Crippen LogP contribution is -2.27. The highest BCUT2D eigenvalue weighted by atomic mass is 16.5. The molecule has 0 radical (unpaired) electrons. The number of aliphatic imine (C=N–C) groups is 1. The minimum absolute atomic E-state index is 0.0638. The van der Waals surface area contributed by atoms with Crippen molar-refractivity contribution < 1.29 is 4.74 Å². The number of hydrogen-bond donors (Lipinski definition) is 1. The number of rotatable bonds is 6. The van der Waals surface area contributed by atoms with E-state index in [0.29, 0.717) is 13.2 Å². The summed E-state index contributed by atoms with van der Waals surface area (Å²) < 4.78 is 5.88. The van der Waals surface area contributed by atoms with E-state index < -0.39 is 0 Å². The highest BCUT2D eigenvalue weighted by Crippen LogP contribution is 2.35. The van der Waals surface area contributed by atoms with Gasteiger partial charge in [0.25, 0.3) is 0 Å². The largest absolute Gasteiger partial charge is 0.369 e. The number of hydrogen-bond acceptors (Lipinski definition) is 3. The molecule has 1 heterocycles. The molecule has 0 saturated heterocycles.